The predicted octanol–water partition coefficient (Wildman–Crippen LogP) is 7.20. The lowest BCUT2D eigenvalue weighted by Gasteiger charge is -2.22. The fraction of sp³-hybridized carbons (Fsp3) is 0.250. The molecule has 1 fully saturated rings. The highest BCUT2D eigenvalue weighted by Gasteiger charge is 2.47. The zero-order valence-electron chi connectivity index (χ0n) is 18.1. The number of rotatable bonds is 2. The topological polar surface area (TPSA) is 55.8 Å². The molecule has 0 aliphatic heterocycles. The van der Waals surface area contributed by atoms with Crippen LogP contribution in [0.2, 0.25) is 0 Å². The molecule has 2 aliphatic carbocycles. The number of hydrogen-bond donors (Lipinski definition) is 1. The molecule has 1 saturated carbocycles. The van der Waals surface area contributed by atoms with Crippen molar-refractivity contribution in [3.63, 3.8) is 0 Å². The minimum atomic E-state index is -0.757. The zero-order valence-corrected chi connectivity index (χ0v) is 18.1. The summed E-state index contributed by atoms with van der Waals surface area (Å²) in [5, 5.41) is 14.5. The standard InChI is InChI=1S/C28H24O4/c1-15-10-11-21-22(14-15)27(25-19-13-12-18(16(19)2)24(25)26(21)29)32-28(30)31-23-9-5-7-17-6-3-4-8-20(17)23/h3-11,14,16,18-19,29H,12-13H2,1-2H3. The highest BCUT2D eigenvalue weighted by atomic mass is 16.7. The van der Waals surface area contributed by atoms with Crippen LogP contribution < -0.4 is 9.47 Å². The summed E-state index contributed by atoms with van der Waals surface area (Å²) >= 11 is 0. The zero-order chi connectivity index (χ0) is 22.0. The van der Waals surface area contributed by atoms with Crippen molar-refractivity contribution >= 4 is 27.7 Å². The third-order valence-electron chi connectivity index (χ3n) is 7.39. The van der Waals surface area contributed by atoms with Crippen LogP contribution >= 0.6 is 0 Å². The molecule has 0 amide bonds. The second-order valence-corrected chi connectivity index (χ2v) is 9.13. The Bertz CT molecular complexity index is 1400. The number of hydrogen-bond acceptors (Lipinski definition) is 4. The van der Waals surface area contributed by atoms with Crippen LogP contribution in [0, 0.1) is 12.8 Å². The largest absolute Gasteiger partial charge is 0.519 e. The minimum absolute atomic E-state index is 0.283. The van der Waals surface area contributed by atoms with Crippen molar-refractivity contribution in [2.45, 2.75) is 38.5 Å². The SMILES string of the molecule is Cc1ccc2c(O)c3c(c(OC(=O)Oc4cccc5ccccc45)c2c1)C1CCC3C1C. The third-order valence-corrected chi connectivity index (χ3v) is 7.39. The van der Waals surface area contributed by atoms with Gasteiger partial charge in [0.15, 0.2) is 0 Å². The summed E-state index contributed by atoms with van der Waals surface area (Å²) in [7, 11) is 0. The predicted molar refractivity (Wildman–Crippen MR) is 125 cm³/mol. The molecule has 0 saturated heterocycles. The van der Waals surface area contributed by atoms with Gasteiger partial charge in [0.05, 0.1) is 0 Å². The second kappa shape index (κ2) is 6.99. The Balaban J connectivity index is 1.46. The van der Waals surface area contributed by atoms with Gasteiger partial charge in [-0.15, -0.1) is 0 Å². The van der Waals surface area contributed by atoms with E-state index in [9.17, 15) is 9.90 Å². The number of fused-ring (bicyclic) bond motifs is 7. The molecule has 2 aliphatic rings. The first-order chi connectivity index (χ1) is 15.5. The van der Waals surface area contributed by atoms with Gasteiger partial charge in [0.2, 0.25) is 0 Å². The molecule has 0 radical (unpaired) electrons. The van der Waals surface area contributed by atoms with Gasteiger partial charge in [-0.2, -0.15) is 0 Å². The van der Waals surface area contributed by atoms with Gasteiger partial charge in [0.25, 0.3) is 0 Å². The lowest BCUT2D eigenvalue weighted by atomic mass is 9.87. The Hall–Kier alpha value is -3.53. The number of ether oxygens (including phenoxy) is 2. The van der Waals surface area contributed by atoms with Gasteiger partial charge in [-0.25, -0.2) is 4.79 Å². The van der Waals surface area contributed by atoms with Crippen molar-refractivity contribution in [3.8, 4) is 17.2 Å². The summed E-state index contributed by atoms with van der Waals surface area (Å²) < 4.78 is 11.6. The Morgan fingerprint density at radius 1 is 0.875 bits per heavy atom. The monoisotopic (exact) mass is 424 g/mol. The average Bonchev–Trinajstić information content (AvgIpc) is 3.29. The van der Waals surface area contributed by atoms with Gasteiger partial charge in [0.1, 0.15) is 17.2 Å². The van der Waals surface area contributed by atoms with Gasteiger partial charge in [-0.1, -0.05) is 61.0 Å². The molecule has 4 nitrogen and oxygen atoms in total. The lowest BCUT2D eigenvalue weighted by molar-refractivity contribution is 0.152. The van der Waals surface area contributed by atoms with Crippen molar-refractivity contribution in [1.29, 1.82) is 0 Å². The Labute approximate surface area is 186 Å². The number of phenolic OH excluding ortho intramolecular Hbond substituents is 1. The maximum Gasteiger partial charge on any atom is 0.519 e. The number of benzene rings is 4. The molecule has 3 atom stereocenters. The first-order valence-corrected chi connectivity index (χ1v) is 11.2. The molecule has 6 rings (SSSR count). The van der Waals surface area contributed by atoms with E-state index in [0.29, 0.717) is 29.1 Å². The molecular weight excluding hydrogens is 400 g/mol. The summed E-state index contributed by atoms with van der Waals surface area (Å²) in [6, 6.07) is 19.3. The number of carbonyl (C=O) groups excluding carboxylic acids is 1. The molecule has 4 aromatic rings. The molecule has 3 unspecified atom stereocenters. The van der Waals surface area contributed by atoms with Gasteiger partial charge < -0.3 is 14.6 Å². The quantitative estimate of drug-likeness (QED) is 0.273. The van der Waals surface area contributed by atoms with Crippen molar-refractivity contribution in [3.05, 3.63) is 77.4 Å². The van der Waals surface area contributed by atoms with E-state index < -0.39 is 6.16 Å². The van der Waals surface area contributed by atoms with E-state index >= 15 is 0 Å². The summed E-state index contributed by atoms with van der Waals surface area (Å²) in [4.78, 5) is 13.0. The van der Waals surface area contributed by atoms with Gasteiger partial charge in [-0.05, 0) is 55.0 Å². The van der Waals surface area contributed by atoms with Gasteiger partial charge in [0, 0.05) is 27.3 Å². The fourth-order valence-corrected chi connectivity index (χ4v) is 5.90. The van der Waals surface area contributed by atoms with Crippen LogP contribution in [0.15, 0.2) is 60.7 Å². The average molecular weight is 424 g/mol. The molecule has 2 bridgehead atoms. The van der Waals surface area contributed by atoms with E-state index in [1.807, 2.05) is 61.5 Å². The number of carbonyl (C=O) groups is 1. The molecule has 160 valence electrons. The maximum absolute atomic E-state index is 13.0. The molecule has 0 heterocycles. The first kappa shape index (κ1) is 19.2. The van der Waals surface area contributed by atoms with Gasteiger partial charge in [-0.3, -0.25) is 0 Å². The Morgan fingerprint density at radius 3 is 2.47 bits per heavy atom. The number of phenols is 1. The van der Waals surface area contributed by atoms with E-state index in [1.165, 1.54) is 0 Å². The van der Waals surface area contributed by atoms with Crippen LogP contribution in [0.3, 0.4) is 0 Å². The Morgan fingerprint density at radius 2 is 1.62 bits per heavy atom. The molecule has 4 aromatic carbocycles. The van der Waals surface area contributed by atoms with Crippen molar-refractivity contribution in [2.24, 2.45) is 5.92 Å². The summed E-state index contributed by atoms with van der Waals surface area (Å²) in [6.45, 7) is 4.23. The lowest BCUT2D eigenvalue weighted by Crippen LogP contribution is -2.16. The van der Waals surface area contributed by atoms with E-state index in [4.69, 9.17) is 9.47 Å². The summed E-state index contributed by atoms with van der Waals surface area (Å²) in [6.07, 6.45) is 1.35. The van der Waals surface area contributed by atoms with E-state index in [2.05, 4.69) is 6.92 Å². The second-order valence-electron chi connectivity index (χ2n) is 9.13. The molecule has 4 heteroatoms. The molecule has 0 spiro atoms. The first-order valence-electron chi connectivity index (χ1n) is 11.2. The van der Waals surface area contributed by atoms with E-state index in [-0.39, 0.29) is 5.92 Å². The maximum atomic E-state index is 13.0. The van der Waals surface area contributed by atoms with Crippen LogP contribution in [-0.4, -0.2) is 11.3 Å². The van der Waals surface area contributed by atoms with E-state index in [1.54, 1.807) is 6.07 Å². The van der Waals surface area contributed by atoms with Crippen LogP contribution in [0.5, 0.6) is 17.2 Å². The van der Waals surface area contributed by atoms with Gasteiger partial charge >= 0.3 is 6.16 Å². The Kier molecular flexibility index (Phi) is 4.19. The van der Waals surface area contributed by atoms with Crippen LogP contribution in [-0.2, 0) is 0 Å². The number of aryl methyl sites for hydroxylation is 1. The minimum Gasteiger partial charge on any atom is -0.507 e. The summed E-state index contributed by atoms with van der Waals surface area (Å²) in [5.74, 6) is 2.36. The third kappa shape index (κ3) is 2.72. The van der Waals surface area contributed by atoms with Crippen molar-refractivity contribution < 1.29 is 19.4 Å². The highest BCUT2D eigenvalue weighted by molar-refractivity contribution is 5.98. The molecular formula is C28H24O4. The van der Waals surface area contributed by atoms with Crippen molar-refractivity contribution in [1.82, 2.24) is 0 Å². The molecule has 0 aromatic heterocycles. The fourth-order valence-electron chi connectivity index (χ4n) is 5.90. The summed E-state index contributed by atoms with van der Waals surface area (Å²) in [5.41, 5.74) is 2.98. The van der Waals surface area contributed by atoms with Crippen LogP contribution in [0.25, 0.3) is 21.5 Å². The smallest absolute Gasteiger partial charge is 0.507 e. The molecule has 1 N–H and O–H groups in total. The molecule has 32 heavy (non-hydrogen) atoms. The van der Waals surface area contributed by atoms with Crippen LogP contribution in [0.1, 0.15) is 48.3 Å². The normalized spacial score (nSPS) is 21.1. The highest BCUT2D eigenvalue weighted by Crippen LogP contribution is 2.63. The van der Waals surface area contributed by atoms with Crippen molar-refractivity contribution in [2.75, 3.05) is 0 Å². The van der Waals surface area contributed by atoms with E-state index in [0.717, 1.165) is 51.1 Å². The van der Waals surface area contributed by atoms with Crippen LogP contribution in [0.4, 0.5) is 4.79 Å². The number of aromatic hydroxyl groups is 1.